The number of hydrogen-bond acceptors (Lipinski definition) is 1. The highest BCUT2D eigenvalue weighted by Crippen LogP contribution is 2.13. The highest BCUT2D eigenvalue weighted by atomic mass is 16.6. The second-order valence-corrected chi connectivity index (χ2v) is 6.30. The van der Waals surface area contributed by atoms with Crippen molar-refractivity contribution >= 4 is 0 Å². The van der Waals surface area contributed by atoms with Gasteiger partial charge in [0.05, 0.1) is 0 Å². The average molecular weight is 300 g/mol. The fraction of sp³-hybridized carbons (Fsp3) is 1.00. The maximum atomic E-state index is 11.0. The summed E-state index contributed by atoms with van der Waals surface area (Å²) >= 11 is 0. The van der Waals surface area contributed by atoms with Crippen molar-refractivity contribution < 1.29 is 9.84 Å². The van der Waals surface area contributed by atoms with Gasteiger partial charge in [0, 0.05) is 6.61 Å². The molecule has 0 heterocycles. The molecule has 21 heavy (non-hydrogen) atoms. The summed E-state index contributed by atoms with van der Waals surface area (Å²) in [7, 11) is 0. The van der Waals surface area contributed by atoms with E-state index >= 15 is 0 Å². The van der Waals surface area contributed by atoms with E-state index in [2.05, 4.69) is 6.92 Å². The average Bonchev–Trinajstić information content (AvgIpc) is 2.50. The van der Waals surface area contributed by atoms with Gasteiger partial charge in [0.25, 0.3) is 0 Å². The molecule has 0 bridgehead atoms. The van der Waals surface area contributed by atoms with Gasteiger partial charge >= 0.3 is 0 Å². The van der Waals surface area contributed by atoms with E-state index in [0.29, 0.717) is 13.0 Å². The fourth-order valence-electron chi connectivity index (χ4n) is 2.63. The summed E-state index contributed by atoms with van der Waals surface area (Å²) in [6.07, 6.45) is 18.9. The lowest BCUT2D eigenvalue weighted by atomic mass is 10.0. The van der Waals surface area contributed by atoms with Gasteiger partial charge in [-0.3, -0.25) is 0 Å². The van der Waals surface area contributed by atoms with Gasteiger partial charge in [-0.15, -0.1) is 0 Å². The van der Waals surface area contributed by atoms with Crippen LogP contribution in [0.2, 0.25) is 0 Å². The summed E-state index contributed by atoms with van der Waals surface area (Å²) in [4.78, 5) is 0. The predicted octanol–water partition coefficient (Wildman–Crippen LogP) is 6.65. The van der Waals surface area contributed by atoms with Crippen LogP contribution in [0.4, 0.5) is 0 Å². The summed E-state index contributed by atoms with van der Waals surface area (Å²) in [5.74, 6) is 0. The van der Waals surface area contributed by atoms with Gasteiger partial charge in [0.1, 0.15) is 0 Å². The lowest BCUT2D eigenvalue weighted by Gasteiger charge is -2.07. The van der Waals surface area contributed by atoms with E-state index in [4.69, 9.17) is 4.74 Å². The molecule has 0 saturated heterocycles. The minimum Gasteiger partial charge on any atom is -0.350 e. The Bertz CT molecular complexity index is 182. The zero-order valence-corrected chi connectivity index (χ0v) is 14.7. The highest BCUT2D eigenvalue weighted by molar-refractivity contribution is 4.49. The second kappa shape index (κ2) is 18.0. The Kier molecular flexibility index (Phi) is 17.9. The number of hydrogen-bond donors (Lipinski definition) is 0. The first kappa shape index (κ1) is 20.9. The predicted molar refractivity (Wildman–Crippen MR) is 91.0 cm³/mol. The Hall–Kier alpha value is -0.0800. The SMILES string of the molecule is CCCCCCCCCCCCCCCCOC([O])CC. The van der Waals surface area contributed by atoms with Gasteiger partial charge in [-0.1, -0.05) is 97.3 Å². The molecule has 0 saturated carbocycles. The van der Waals surface area contributed by atoms with Crippen molar-refractivity contribution in [1.82, 2.24) is 0 Å². The van der Waals surface area contributed by atoms with E-state index in [1.807, 2.05) is 6.92 Å². The molecule has 0 aliphatic rings. The second-order valence-electron chi connectivity index (χ2n) is 6.30. The maximum Gasteiger partial charge on any atom is 0.191 e. The third-order valence-electron chi connectivity index (χ3n) is 4.13. The Morgan fingerprint density at radius 2 is 1.00 bits per heavy atom. The van der Waals surface area contributed by atoms with Crippen LogP contribution < -0.4 is 0 Å². The first-order valence-corrected chi connectivity index (χ1v) is 9.58. The molecule has 0 amide bonds. The number of unbranched alkanes of at least 4 members (excludes halogenated alkanes) is 13. The van der Waals surface area contributed by atoms with Gasteiger partial charge in [-0.2, -0.15) is 0 Å². The van der Waals surface area contributed by atoms with Gasteiger partial charge in [-0.25, -0.2) is 5.11 Å². The Morgan fingerprint density at radius 3 is 1.38 bits per heavy atom. The van der Waals surface area contributed by atoms with Crippen molar-refractivity contribution in [2.45, 2.75) is 116 Å². The summed E-state index contributed by atoms with van der Waals surface area (Å²) in [5.41, 5.74) is 0. The van der Waals surface area contributed by atoms with E-state index in [-0.39, 0.29) is 0 Å². The van der Waals surface area contributed by atoms with Crippen LogP contribution in [0.1, 0.15) is 110 Å². The van der Waals surface area contributed by atoms with E-state index in [0.717, 1.165) is 6.42 Å². The van der Waals surface area contributed by atoms with Crippen molar-refractivity contribution in [3.8, 4) is 0 Å². The lowest BCUT2D eigenvalue weighted by molar-refractivity contribution is -0.141. The van der Waals surface area contributed by atoms with E-state index in [9.17, 15) is 5.11 Å². The monoisotopic (exact) mass is 299 g/mol. The molecule has 2 nitrogen and oxygen atoms in total. The molecule has 0 aliphatic carbocycles. The quantitative estimate of drug-likeness (QED) is 0.218. The normalized spacial score (nSPS) is 12.7. The molecule has 0 N–H and O–H groups in total. The third kappa shape index (κ3) is 17.9. The smallest absolute Gasteiger partial charge is 0.191 e. The molecular weight excluding hydrogens is 260 g/mol. The molecule has 0 fully saturated rings. The van der Waals surface area contributed by atoms with Gasteiger partial charge < -0.3 is 4.74 Å². The van der Waals surface area contributed by atoms with Crippen molar-refractivity contribution in [3.63, 3.8) is 0 Å². The zero-order chi connectivity index (χ0) is 15.6. The molecule has 0 aromatic carbocycles. The van der Waals surface area contributed by atoms with Crippen molar-refractivity contribution in [2.75, 3.05) is 6.61 Å². The summed E-state index contributed by atoms with van der Waals surface area (Å²) in [5, 5.41) is 11.0. The molecule has 1 radical (unpaired) electrons. The topological polar surface area (TPSA) is 29.1 Å². The summed E-state index contributed by atoms with van der Waals surface area (Å²) in [6.45, 7) is 4.81. The molecule has 127 valence electrons. The van der Waals surface area contributed by atoms with Crippen LogP contribution in [-0.4, -0.2) is 12.9 Å². The zero-order valence-electron chi connectivity index (χ0n) is 14.7. The Balaban J connectivity index is 2.96. The molecule has 1 atom stereocenters. The van der Waals surface area contributed by atoms with Gasteiger partial charge in [0.2, 0.25) is 0 Å². The van der Waals surface area contributed by atoms with Crippen molar-refractivity contribution in [3.05, 3.63) is 0 Å². The minimum absolute atomic E-state index is 0.582. The number of ether oxygens (including phenoxy) is 1. The van der Waals surface area contributed by atoms with Crippen LogP contribution in [0.5, 0.6) is 0 Å². The van der Waals surface area contributed by atoms with Crippen LogP contribution >= 0.6 is 0 Å². The van der Waals surface area contributed by atoms with Crippen LogP contribution in [0.3, 0.4) is 0 Å². The maximum absolute atomic E-state index is 11.0. The molecule has 0 aromatic heterocycles. The van der Waals surface area contributed by atoms with Crippen LogP contribution in [-0.2, 0) is 9.84 Å². The highest BCUT2D eigenvalue weighted by Gasteiger charge is 2.00. The summed E-state index contributed by atoms with van der Waals surface area (Å²) in [6, 6.07) is 0. The molecule has 1 unspecified atom stereocenters. The molecular formula is C19H39O2. The van der Waals surface area contributed by atoms with Crippen LogP contribution in [0.15, 0.2) is 0 Å². The standard InChI is InChI=1S/C19H39O2/c1-3-5-6-7-8-9-10-11-12-13-14-15-16-17-18-21-19(20)4-2/h19H,3-18H2,1-2H3. The fourth-order valence-corrected chi connectivity index (χ4v) is 2.63. The van der Waals surface area contributed by atoms with Crippen LogP contribution in [0.25, 0.3) is 0 Å². The van der Waals surface area contributed by atoms with Crippen LogP contribution in [0, 0.1) is 0 Å². The Labute approximate surface area is 133 Å². The number of rotatable bonds is 17. The first-order valence-electron chi connectivity index (χ1n) is 9.58. The molecule has 0 rings (SSSR count). The van der Waals surface area contributed by atoms with Crippen molar-refractivity contribution in [1.29, 1.82) is 0 Å². The molecule has 0 spiro atoms. The Morgan fingerprint density at radius 1 is 0.619 bits per heavy atom. The van der Waals surface area contributed by atoms with E-state index in [1.54, 1.807) is 0 Å². The van der Waals surface area contributed by atoms with Crippen molar-refractivity contribution in [2.24, 2.45) is 0 Å². The van der Waals surface area contributed by atoms with Gasteiger partial charge in [-0.05, 0) is 12.8 Å². The minimum atomic E-state index is -0.799. The third-order valence-corrected chi connectivity index (χ3v) is 4.13. The molecule has 0 aromatic rings. The summed E-state index contributed by atoms with van der Waals surface area (Å²) < 4.78 is 5.14. The largest absolute Gasteiger partial charge is 0.350 e. The van der Waals surface area contributed by atoms with Gasteiger partial charge in [0.15, 0.2) is 6.29 Å². The molecule has 0 aliphatic heterocycles. The van der Waals surface area contributed by atoms with E-state index < -0.39 is 6.29 Å². The molecule has 2 heteroatoms. The van der Waals surface area contributed by atoms with E-state index in [1.165, 1.54) is 83.5 Å². The first-order chi connectivity index (χ1) is 10.3. The lowest BCUT2D eigenvalue weighted by Crippen LogP contribution is -2.09.